The molecule has 0 spiro atoms. The van der Waals surface area contributed by atoms with Crippen molar-refractivity contribution in [2.45, 2.75) is 6.42 Å². The quantitative estimate of drug-likeness (QED) is 0.938. The Morgan fingerprint density at radius 1 is 1.12 bits per heavy atom. The molecule has 0 aliphatic heterocycles. The molecule has 2 aromatic rings. The molecule has 0 atom stereocenters. The van der Waals surface area contributed by atoms with Gasteiger partial charge in [0.2, 0.25) is 0 Å². The zero-order chi connectivity index (χ0) is 11.4. The largest absolute Gasteiger partial charge is 0.330 e. The van der Waals surface area contributed by atoms with Crippen molar-refractivity contribution >= 4 is 15.9 Å². The highest BCUT2D eigenvalue weighted by Crippen LogP contribution is 2.26. The Balaban J connectivity index is 2.31. The lowest BCUT2D eigenvalue weighted by molar-refractivity contribution is 0.868. The van der Waals surface area contributed by atoms with E-state index in [9.17, 15) is 0 Å². The second kappa shape index (κ2) is 5.18. The molecule has 0 unspecified atom stereocenters. The van der Waals surface area contributed by atoms with E-state index in [-0.39, 0.29) is 0 Å². The van der Waals surface area contributed by atoms with Crippen LogP contribution in [0.1, 0.15) is 5.82 Å². The molecule has 0 saturated carbocycles. The summed E-state index contributed by atoms with van der Waals surface area (Å²) < 4.78 is 1.05. The molecule has 0 radical (unpaired) electrons. The Kier molecular flexibility index (Phi) is 3.64. The summed E-state index contributed by atoms with van der Waals surface area (Å²) in [5.74, 6) is 0.790. The first-order chi connectivity index (χ1) is 7.81. The van der Waals surface area contributed by atoms with Gasteiger partial charge in [-0.3, -0.25) is 0 Å². The molecule has 1 heterocycles. The molecule has 0 aliphatic rings. The Bertz CT molecular complexity index is 468. The summed E-state index contributed by atoms with van der Waals surface area (Å²) in [5, 5.41) is 0. The van der Waals surface area contributed by atoms with Crippen LogP contribution in [0.2, 0.25) is 0 Å². The summed E-state index contributed by atoms with van der Waals surface area (Å²) >= 11 is 3.51. The molecule has 4 heteroatoms. The highest BCUT2D eigenvalue weighted by Gasteiger charge is 2.03. The van der Waals surface area contributed by atoms with Crippen molar-refractivity contribution in [3.8, 4) is 11.1 Å². The fourth-order valence-electron chi connectivity index (χ4n) is 1.45. The van der Waals surface area contributed by atoms with Crippen molar-refractivity contribution in [2.24, 2.45) is 5.73 Å². The van der Waals surface area contributed by atoms with Crippen molar-refractivity contribution in [1.29, 1.82) is 0 Å². The highest BCUT2D eigenvalue weighted by atomic mass is 79.9. The van der Waals surface area contributed by atoms with Gasteiger partial charge in [0, 0.05) is 28.9 Å². The lowest BCUT2D eigenvalue weighted by atomic mass is 10.1. The van der Waals surface area contributed by atoms with Gasteiger partial charge in [0.05, 0.1) is 0 Å². The average molecular weight is 278 g/mol. The standard InChI is InChI=1S/C12H12BrN3/c13-11-4-2-1-3-10(11)9-7-15-12(5-6-14)16-8-9/h1-4,7-8H,5-6,14H2. The number of nitrogens with two attached hydrogens (primary N) is 1. The first-order valence-corrected chi connectivity index (χ1v) is 5.86. The van der Waals surface area contributed by atoms with E-state index < -0.39 is 0 Å². The van der Waals surface area contributed by atoms with Gasteiger partial charge in [-0.15, -0.1) is 0 Å². The smallest absolute Gasteiger partial charge is 0.129 e. The van der Waals surface area contributed by atoms with Gasteiger partial charge in [-0.1, -0.05) is 34.1 Å². The third-order valence-corrected chi connectivity index (χ3v) is 2.95. The van der Waals surface area contributed by atoms with Crippen LogP contribution in [-0.4, -0.2) is 16.5 Å². The fraction of sp³-hybridized carbons (Fsp3) is 0.167. The van der Waals surface area contributed by atoms with Crippen LogP contribution < -0.4 is 5.73 Å². The third kappa shape index (κ3) is 2.46. The number of halogens is 1. The molecule has 0 aliphatic carbocycles. The molecule has 0 amide bonds. The molecular weight excluding hydrogens is 266 g/mol. The summed E-state index contributed by atoms with van der Waals surface area (Å²) in [6.45, 7) is 0.578. The zero-order valence-corrected chi connectivity index (χ0v) is 10.3. The van der Waals surface area contributed by atoms with Crippen LogP contribution in [0, 0.1) is 0 Å². The first kappa shape index (κ1) is 11.2. The van der Waals surface area contributed by atoms with Crippen molar-refractivity contribution in [3.63, 3.8) is 0 Å². The lowest BCUT2D eigenvalue weighted by Gasteiger charge is -2.04. The molecule has 3 nitrogen and oxygen atoms in total. The van der Waals surface area contributed by atoms with Crippen LogP contribution >= 0.6 is 15.9 Å². The van der Waals surface area contributed by atoms with Gasteiger partial charge < -0.3 is 5.73 Å². The Morgan fingerprint density at radius 3 is 2.44 bits per heavy atom. The SMILES string of the molecule is NCCc1ncc(-c2ccccc2Br)cn1. The molecule has 82 valence electrons. The van der Waals surface area contributed by atoms with Crippen molar-refractivity contribution in [3.05, 3.63) is 47.0 Å². The van der Waals surface area contributed by atoms with Gasteiger partial charge in [0.1, 0.15) is 5.82 Å². The normalized spacial score (nSPS) is 10.4. The van der Waals surface area contributed by atoms with E-state index in [1.807, 2.05) is 36.7 Å². The fourth-order valence-corrected chi connectivity index (χ4v) is 1.96. The molecule has 16 heavy (non-hydrogen) atoms. The third-order valence-electron chi connectivity index (χ3n) is 2.26. The molecule has 2 rings (SSSR count). The van der Waals surface area contributed by atoms with Gasteiger partial charge in [0.15, 0.2) is 0 Å². The van der Waals surface area contributed by atoms with Crippen LogP contribution in [0.15, 0.2) is 41.1 Å². The van der Waals surface area contributed by atoms with Crippen LogP contribution in [-0.2, 0) is 6.42 Å². The predicted molar refractivity (Wildman–Crippen MR) is 67.9 cm³/mol. The van der Waals surface area contributed by atoms with E-state index in [1.54, 1.807) is 0 Å². The monoisotopic (exact) mass is 277 g/mol. The summed E-state index contributed by atoms with van der Waals surface area (Å²) in [7, 11) is 0. The van der Waals surface area contributed by atoms with Gasteiger partial charge in [-0.2, -0.15) is 0 Å². The second-order valence-corrected chi connectivity index (χ2v) is 4.26. The number of aromatic nitrogens is 2. The highest BCUT2D eigenvalue weighted by molar-refractivity contribution is 9.10. The van der Waals surface area contributed by atoms with E-state index in [0.717, 1.165) is 27.8 Å². The van der Waals surface area contributed by atoms with E-state index in [2.05, 4.69) is 25.9 Å². The summed E-state index contributed by atoms with van der Waals surface area (Å²) in [6.07, 6.45) is 4.38. The number of hydrogen-bond donors (Lipinski definition) is 1. The summed E-state index contributed by atoms with van der Waals surface area (Å²) in [5.41, 5.74) is 7.55. The predicted octanol–water partition coefficient (Wildman–Crippen LogP) is 2.41. The molecule has 0 bridgehead atoms. The Morgan fingerprint density at radius 2 is 1.81 bits per heavy atom. The molecular formula is C12H12BrN3. The maximum atomic E-state index is 5.45. The van der Waals surface area contributed by atoms with Crippen LogP contribution in [0.3, 0.4) is 0 Å². The molecule has 1 aromatic carbocycles. The average Bonchev–Trinajstić information content (AvgIpc) is 2.31. The van der Waals surface area contributed by atoms with E-state index in [4.69, 9.17) is 5.73 Å². The molecule has 1 aromatic heterocycles. The summed E-state index contributed by atoms with van der Waals surface area (Å²) in [6, 6.07) is 8.01. The van der Waals surface area contributed by atoms with E-state index >= 15 is 0 Å². The zero-order valence-electron chi connectivity index (χ0n) is 8.73. The van der Waals surface area contributed by atoms with Crippen LogP contribution in [0.4, 0.5) is 0 Å². The second-order valence-electron chi connectivity index (χ2n) is 3.41. The number of rotatable bonds is 3. The number of nitrogens with zero attached hydrogens (tertiary/aromatic N) is 2. The van der Waals surface area contributed by atoms with Crippen LogP contribution in [0.5, 0.6) is 0 Å². The lowest BCUT2D eigenvalue weighted by Crippen LogP contribution is -2.06. The van der Waals surface area contributed by atoms with Crippen molar-refractivity contribution in [2.75, 3.05) is 6.54 Å². The number of benzene rings is 1. The van der Waals surface area contributed by atoms with Gasteiger partial charge >= 0.3 is 0 Å². The number of hydrogen-bond acceptors (Lipinski definition) is 3. The molecule has 0 saturated heterocycles. The minimum Gasteiger partial charge on any atom is -0.330 e. The van der Waals surface area contributed by atoms with E-state index in [0.29, 0.717) is 6.54 Å². The topological polar surface area (TPSA) is 51.8 Å². The van der Waals surface area contributed by atoms with Gasteiger partial charge in [-0.05, 0) is 18.2 Å². The molecule has 0 fully saturated rings. The van der Waals surface area contributed by atoms with Crippen LogP contribution in [0.25, 0.3) is 11.1 Å². The van der Waals surface area contributed by atoms with Crippen molar-refractivity contribution in [1.82, 2.24) is 9.97 Å². The minimum absolute atomic E-state index is 0.578. The van der Waals surface area contributed by atoms with Crippen molar-refractivity contribution < 1.29 is 0 Å². The maximum absolute atomic E-state index is 5.45. The van der Waals surface area contributed by atoms with E-state index in [1.165, 1.54) is 0 Å². The first-order valence-electron chi connectivity index (χ1n) is 5.07. The maximum Gasteiger partial charge on any atom is 0.129 e. The molecule has 2 N–H and O–H groups in total. The summed E-state index contributed by atoms with van der Waals surface area (Å²) in [4.78, 5) is 8.55. The van der Waals surface area contributed by atoms with Gasteiger partial charge in [-0.25, -0.2) is 9.97 Å². The van der Waals surface area contributed by atoms with Gasteiger partial charge in [0.25, 0.3) is 0 Å². The minimum atomic E-state index is 0.578. The Hall–Kier alpha value is -1.26. The Labute approximate surface area is 103 Å².